The van der Waals surface area contributed by atoms with Gasteiger partial charge in [0.15, 0.2) is 0 Å². The minimum atomic E-state index is 0.584. The average molecular weight is 185 g/mol. The van der Waals surface area contributed by atoms with Gasteiger partial charge < -0.3 is 10.1 Å². The van der Waals surface area contributed by atoms with E-state index in [-0.39, 0.29) is 0 Å². The summed E-state index contributed by atoms with van der Waals surface area (Å²) >= 11 is 0. The first-order chi connectivity index (χ1) is 6.11. The molecule has 0 aromatic carbocycles. The fourth-order valence-electron chi connectivity index (χ4n) is 2.19. The quantitative estimate of drug-likeness (QED) is 0.639. The van der Waals surface area contributed by atoms with Gasteiger partial charge in [0.25, 0.3) is 0 Å². The number of nitrogens with one attached hydrogen (secondary N) is 1. The fraction of sp³-hybridized carbons (Fsp3) is 1.00. The zero-order valence-corrected chi connectivity index (χ0v) is 9.39. The molecule has 0 heterocycles. The second kappa shape index (κ2) is 4.43. The van der Waals surface area contributed by atoms with Crippen molar-refractivity contribution in [1.82, 2.24) is 5.32 Å². The monoisotopic (exact) mass is 185 g/mol. The Balaban J connectivity index is 2.21. The van der Waals surface area contributed by atoms with Crippen LogP contribution < -0.4 is 5.32 Å². The first-order valence-corrected chi connectivity index (χ1v) is 5.28. The number of hydrogen-bond donors (Lipinski definition) is 1. The maximum atomic E-state index is 5.06. The molecule has 1 fully saturated rings. The lowest BCUT2D eigenvalue weighted by molar-refractivity contribution is 0.187. The SMILES string of the molecule is CNC(CCCOC)C1CC1(C)C. The molecule has 78 valence electrons. The van der Waals surface area contributed by atoms with Gasteiger partial charge in [0.05, 0.1) is 0 Å². The Labute approximate surface area is 82.0 Å². The summed E-state index contributed by atoms with van der Waals surface area (Å²) in [4.78, 5) is 0. The van der Waals surface area contributed by atoms with Crippen LogP contribution in [0.3, 0.4) is 0 Å². The van der Waals surface area contributed by atoms with Crippen LogP contribution in [-0.2, 0) is 4.74 Å². The van der Waals surface area contributed by atoms with Gasteiger partial charge in [-0.2, -0.15) is 0 Å². The molecule has 1 aliphatic carbocycles. The summed E-state index contributed by atoms with van der Waals surface area (Å²) in [5.41, 5.74) is 0.584. The van der Waals surface area contributed by atoms with Gasteiger partial charge in [-0.05, 0) is 37.6 Å². The number of ether oxygens (including phenoxy) is 1. The van der Waals surface area contributed by atoms with Crippen LogP contribution in [0, 0.1) is 11.3 Å². The van der Waals surface area contributed by atoms with Gasteiger partial charge in [-0.1, -0.05) is 13.8 Å². The van der Waals surface area contributed by atoms with E-state index < -0.39 is 0 Å². The third kappa shape index (κ3) is 2.96. The Hall–Kier alpha value is -0.0800. The molecule has 1 N–H and O–H groups in total. The second-order valence-corrected chi connectivity index (χ2v) is 4.83. The van der Waals surface area contributed by atoms with Crippen molar-refractivity contribution in [2.75, 3.05) is 20.8 Å². The lowest BCUT2D eigenvalue weighted by atomic mass is 10.0. The first kappa shape index (κ1) is 11.0. The van der Waals surface area contributed by atoms with E-state index in [4.69, 9.17) is 4.74 Å². The summed E-state index contributed by atoms with van der Waals surface area (Å²) in [6, 6.07) is 0.699. The molecule has 2 nitrogen and oxygen atoms in total. The Morgan fingerprint density at radius 3 is 2.54 bits per heavy atom. The predicted octanol–water partition coefficient (Wildman–Crippen LogP) is 2.05. The predicted molar refractivity (Wildman–Crippen MR) is 55.8 cm³/mol. The molecule has 2 atom stereocenters. The zero-order valence-electron chi connectivity index (χ0n) is 9.39. The van der Waals surface area contributed by atoms with Crippen LogP contribution in [0.5, 0.6) is 0 Å². The molecule has 1 aliphatic rings. The molecule has 0 amide bonds. The van der Waals surface area contributed by atoms with Crippen molar-refractivity contribution in [3.63, 3.8) is 0 Å². The normalized spacial score (nSPS) is 27.2. The van der Waals surface area contributed by atoms with Gasteiger partial charge in [-0.3, -0.25) is 0 Å². The Morgan fingerprint density at radius 1 is 1.54 bits per heavy atom. The molecule has 1 saturated carbocycles. The number of methoxy groups -OCH3 is 1. The molecule has 0 aromatic heterocycles. The van der Waals surface area contributed by atoms with Crippen LogP contribution in [0.1, 0.15) is 33.1 Å². The Kier molecular flexibility index (Phi) is 3.74. The Morgan fingerprint density at radius 2 is 2.15 bits per heavy atom. The van der Waals surface area contributed by atoms with E-state index in [1.54, 1.807) is 7.11 Å². The molecule has 0 spiro atoms. The Bertz CT molecular complexity index is 156. The molecule has 2 heteroatoms. The molecule has 0 aliphatic heterocycles. The third-order valence-corrected chi connectivity index (χ3v) is 3.31. The number of hydrogen-bond acceptors (Lipinski definition) is 2. The van der Waals surface area contributed by atoms with Gasteiger partial charge in [-0.25, -0.2) is 0 Å². The maximum absolute atomic E-state index is 5.06. The molecule has 1 rings (SSSR count). The van der Waals surface area contributed by atoms with Gasteiger partial charge >= 0.3 is 0 Å². The van der Waals surface area contributed by atoms with Crippen molar-refractivity contribution in [2.24, 2.45) is 11.3 Å². The van der Waals surface area contributed by atoms with Gasteiger partial charge in [0.1, 0.15) is 0 Å². The zero-order chi connectivity index (χ0) is 9.90. The summed E-state index contributed by atoms with van der Waals surface area (Å²) in [5, 5.41) is 3.42. The van der Waals surface area contributed by atoms with Crippen LogP contribution in [0.2, 0.25) is 0 Å². The highest BCUT2D eigenvalue weighted by atomic mass is 16.5. The summed E-state index contributed by atoms with van der Waals surface area (Å²) in [5.74, 6) is 0.884. The second-order valence-electron chi connectivity index (χ2n) is 4.83. The average Bonchev–Trinajstić information content (AvgIpc) is 2.69. The van der Waals surface area contributed by atoms with Crippen molar-refractivity contribution in [2.45, 2.75) is 39.2 Å². The van der Waals surface area contributed by atoms with Crippen LogP contribution in [0.15, 0.2) is 0 Å². The molecular weight excluding hydrogens is 162 g/mol. The molecule has 0 radical (unpaired) electrons. The van der Waals surface area contributed by atoms with Crippen molar-refractivity contribution in [3.8, 4) is 0 Å². The van der Waals surface area contributed by atoms with E-state index in [2.05, 4.69) is 26.2 Å². The summed E-state index contributed by atoms with van der Waals surface area (Å²) in [7, 11) is 3.85. The molecule has 0 bridgehead atoms. The molecule has 13 heavy (non-hydrogen) atoms. The third-order valence-electron chi connectivity index (χ3n) is 3.31. The minimum absolute atomic E-state index is 0.584. The lowest BCUT2D eigenvalue weighted by Gasteiger charge is -2.17. The van der Waals surface area contributed by atoms with Crippen molar-refractivity contribution < 1.29 is 4.74 Å². The smallest absolute Gasteiger partial charge is 0.0462 e. The van der Waals surface area contributed by atoms with E-state index in [0.717, 1.165) is 12.5 Å². The molecule has 0 saturated heterocycles. The van der Waals surface area contributed by atoms with E-state index >= 15 is 0 Å². The summed E-state index contributed by atoms with van der Waals surface area (Å²) in [6.07, 6.45) is 3.80. The van der Waals surface area contributed by atoms with Gasteiger partial charge in [0.2, 0.25) is 0 Å². The van der Waals surface area contributed by atoms with E-state index in [1.807, 2.05) is 0 Å². The highest BCUT2D eigenvalue weighted by Crippen LogP contribution is 2.54. The minimum Gasteiger partial charge on any atom is -0.385 e. The van der Waals surface area contributed by atoms with Crippen molar-refractivity contribution in [3.05, 3.63) is 0 Å². The van der Waals surface area contributed by atoms with Crippen LogP contribution in [0.25, 0.3) is 0 Å². The largest absolute Gasteiger partial charge is 0.385 e. The summed E-state index contributed by atoms with van der Waals surface area (Å²) in [6.45, 7) is 5.61. The van der Waals surface area contributed by atoms with E-state index in [9.17, 15) is 0 Å². The summed E-state index contributed by atoms with van der Waals surface area (Å²) < 4.78 is 5.06. The molecule has 2 unspecified atom stereocenters. The van der Waals surface area contributed by atoms with Crippen LogP contribution in [0.4, 0.5) is 0 Å². The maximum Gasteiger partial charge on any atom is 0.0462 e. The standard InChI is InChI=1S/C11H23NO/c1-11(2)8-9(11)10(12-3)6-5-7-13-4/h9-10,12H,5-8H2,1-4H3. The highest BCUT2D eigenvalue weighted by Gasteiger charge is 2.49. The van der Waals surface area contributed by atoms with Crippen LogP contribution in [-0.4, -0.2) is 26.8 Å². The first-order valence-electron chi connectivity index (χ1n) is 5.28. The van der Waals surface area contributed by atoms with Gasteiger partial charge in [0, 0.05) is 19.8 Å². The molecular formula is C11H23NO. The van der Waals surface area contributed by atoms with E-state index in [1.165, 1.54) is 19.3 Å². The topological polar surface area (TPSA) is 21.3 Å². The fourth-order valence-corrected chi connectivity index (χ4v) is 2.19. The van der Waals surface area contributed by atoms with Crippen molar-refractivity contribution in [1.29, 1.82) is 0 Å². The van der Waals surface area contributed by atoms with Crippen LogP contribution >= 0.6 is 0 Å². The van der Waals surface area contributed by atoms with E-state index in [0.29, 0.717) is 11.5 Å². The highest BCUT2D eigenvalue weighted by molar-refractivity contribution is 5.01. The van der Waals surface area contributed by atoms with Gasteiger partial charge in [-0.15, -0.1) is 0 Å². The molecule has 0 aromatic rings. The number of rotatable bonds is 6. The van der Waals surface area contributed by atoms with Crippen molar-refractivity contribution >= 4 is 0 Å². The lowest BCUT2D eigenvalue weighted by Crippen LogP contribution is -2.29.